The van der Waals surface area contributed by atoms with E-state index in [1.807, 2.05) is 0 Å². The molecule has 0 radical (unpaired) electrons. The molecular formula is C13H7BrClF2NO. The lowest BCUT2D eigenvalue weighted by Gasteiger charge is -2.06. The molecule has 2 nitrogen and oxygen atoms in total. The summed E-state index contributed by atoms with van der Waals surface area (Å²) in [5.41, 5.74) is 5.86. The van der Waals surface area contributed by atoms with E-state index in [0.717, 1.165) is 12.1 Å². The Bertz CT molecular complexity index is 676. The van der Waals surface area contributed by atoms with Crippen LogP contribution in [0.5, 0.6) is 0 Å². The van der Waals surface area contributed by atoms with Crippen LogP contribution >= 0.6 is 27.5 Å². The molecular weight excluding hydrogens is 340 g/mol. The van der Waals surface area contributed by atoms with Gasteiger partial charge in [-0.1, -0.05) is 11.6 Å². The van der Waals surface area contributed by atoms with E-state index >= 15 is 0 Å². The third kappa shape index (κ3) is 2.77. The number of rotatable bonds is 2. The molecule has 0 amide bonds. The van der Waals surface area contributed by atoms with Crippen molar-refractivity contribution in [2.45, 2.75) is 0 Å². The number of nitrogen functional groups attached to an aromatic ring is 1. The lowest BCUT2D eigenvalue weighted by molar-refractivity contribution is 0.103. The molecule has 0 aromatic heterocycles. The van der Waals surface area contributed by atoms with Gasteiger partial charge >= 0.3 is 0 Å². The molecule has 98 valence electrons. The molecule has 2 N–H and O–H groups in total. The largest absolute Gasteiger partial charge is 0.398 e. The van der Waals surface area contributed by atoms with Gasteiger partial charge in [-0.3, -0.25) is 4.79 Å². The summed E-state index contributed by atoms with van der Waals surface area (Å²) in [5.74, 6) is -2.36. The Labute approximate surface area is 121 Å². The molecule has 0 unspecified atom stereocenters. The van der Waals surface area contributed by atoms with E-state index in [2.05, 4.69) is 15.9 Å². The van der Waals surface area contributed by atoms with Gasteiger partial charge in [0.1, 0.15) is 11.6 Å². The highest BCUT2D eigenvalue weighted by molar-refractivity contribution is 9.10. The van der Waals surface area contributed by atoms with E-state index < -0.39 is 17.4 Å². The highest BCUT2D eigenvalue weighted by Gasteiger charge is 2.17. The van der Waals surface area contributed by atoms with Gasteiger partial charge in [-0.25, -0.2) is 8.78 Å². The fourth-order valence-electron chi connectivity index (χ4n) is 1.52. The third-order valence-corrected chi connectivity index (χ3v) is 3.49. The first-order valence-electron chi connectivity index (χ1n) is 5.14. The number of benzene rings is 2. The number of ketones is 1. The molecule has 0 aliphatic carbocycles. The lowest BCUT2D eigenvalue weighted by Crippen LogP contribution is -2.06. The molecule has 0 saturated heterocycles. The fourth-order valence-corrected chi connectivity index (χ4v) is 2.05. The number of carbonyl (C=O) groups excluding carboxylic acids is 1. The molecule has 6 heteroatoms. The maximum absolute atomic E-state index is 13.6. The molecule has 2 rings (SSSR count). The van der Waals surface area contributed by atoms with Crippen LogP contribution in [0.1, 0.15) is 15.9 Å². The van der Waals surface area contributed by atoms with E-state index in [1.165, 1.54) is 18.2 Å². The second-order valence-corrected chi connectivity index (χ2v) is 5.07. The molecule has 2 aromatic carbocycles. The minimum Gasteiger partial charge on any atom is -0.398 e. The van der Waals surface area contributed by atoms with Crippen molar-refractivity contribution in [3.8, 4) is 0 Å². The van der Waals surface area contributed by atoms with Gasteiger partial charge in [0, 0.05) is 15.7 Å². The van der Waals surface area contributed by atoms with E-state index in [0.29, 0.717) is 10.2 Å². The molecule has 0 aliphatic heterocycles. The number of nitrogens with two attached hydrogens (primary N) is 1. The Hall–Kier alpha value is -1.46. The third-order valence-electron chi connectivity index (χ3n) is 2.52. The summed E-state index contributed by atoms with van der Waals surface area (Å²) in [6.45, 7) is 0. The van der Waals surface area contributed by atoms with Gasteiger partial charge in [0.05, 0.1) is 10.6 Å². The van der Waals surface area contributed by atoms with Crippen LogP contribution in [-0.2, 0) is 0 Å². The predicted molar refractivity (Wildman–Crippen MR) is 73.4 cm³/mol. The number of hydrogen-bond donors (Lipinski definition) is 1. The van der Waals surface area contributed by atoms with E-state index in [-0.39, 0.29) is 16.1 Å². The summed E-state index contributed by atoms with van der Waals surface area (Å²) in [6.07, 6.45) is 0. The molecule has 0 atom stereocenters. The van der Waals surface area contributed by atoms with Crippen LogP contribution in [0.4, 0.5) is 14.5 Å². The van der Waals surface area contributed by atoms with Crippen molar-refractivity contribution in [1.29, 1.82) is 0 Å². The number of halogens is 4. The maximum atomic E-state index is 13.6. The smallest absolute Gasteiger partial charge is 0.196 e. The van der Waals surface area contributed by atoms with E-state index in [1.54, 1.807) is 0 Å². The Morgan fingerprint density at radius 3 is 2.47 bits per heavy atom. The highest BCUT2D eigenvalue weighted by atomic mass is 79.9. The van der Waals surface area contributed by atoms with Crippen molar-refractivity contribution in [3.05, 3.63) is 62.6 Å². The topological polar surface area (TPSA) is 43.1 Å². The molecule has 0 fully saturated rings. The zero-order chi connectivity index (χ0) is 14.2. The Balaban J connectivity index is 2.49. The van der Waals surface area contributed by atoms with Crippen LogP contribution in [0, 0.1) is 11.6 Å². The quantitative estimate of drug-likeness (QED) is 0.503. The van der Waals surface area contributed by atoms with Gasteiger partial charge in [0.25, 0.3) is 0 Å². The zero-order valence-corrected chi connectivity index (χ0v) is 11.7. The average molecular weight is 347 g/mol. The summed E-state index contributed by atoms with van der Waals surface area (Å²) in [7, 11) is 0. The van der Waals surface area contributed by atoms with E-state index in [9.17, 15) is 13.6 Å². The zero-order valence-electron chi connectivity index (χ0n) is 9.38. The van der Waals surface area contributed by atoms with Crippen LogP contribution in [0.25, 0.3) is 0 Å². The van der Waals surface area contributed by atoms with Crippen LogP contribution in [-0.4, -0.2) is 5.78 Å². The normalized spacial score (nSPS) is 10.5. The SMILES string of the molecule is Nc1ccc(C(=O)c2cc(F)c(Cl)cc2F)cc1Br. The minimum absolute atomic E-state index is 0.196. The van der Waals surface area contributed by atoms with Crippen LogP contribution in [0.2, 0.25) is 5.02 Å². The molecule has 0 spiro atoms. The average Bonchev–Trinajstić information content (AvgIpc) is 2.36. The monoisotopic (exact) mass is 345 g/mol. The summed E-state index contributed by atoms with van der Waals surface area (Å²) in [5, 5.41) is -0.368. The summed E-state index contributed by atoms with van der Waals surface area (Å²) < 4.78 is 27.4. The van der Waals surface area contributed by atoms with Crippen LogP contribution in [0.3, 0.4) is 0 Å². The first-order chi connectivity index (χ1) is 8.90. The molecule has 19 heavy (non-hydrogen) atoms. The van der Waals surface area contributed by atoms with E-state index in [4.69, 9.17) is 17.3 Å². The number of hydrogen-bond acceptors (Lipinski definition) is 2. The van der Waals surface area contributed by atoms with Crippen LogP contribution in [0.15, 0.2) is 34.8 Å². The van der Waals surface area contributed by atoms with Crippen molar-refractivity contribution in [2.24, 2.45) is 0 Å². The predicted octanol–water partition coefficient (Wildman–Crippen LogP) is 4.19. The van der Waals surface area contributed by atoms with Crippen molar-refractivity contribution in [3.63, 3.8) is 0 Å². The van der Waals surface area contributed by atoms with Crippen molar-refractivity contribution >= 4 is 39.0 Å². The number of carbonyl (C=O) groups is 1. The fraction of sp³-hybridized carbons (Fsp3) is 0. The maximum Gasteiger partial charge on any atom is 0.196 e. The Morgan fingerprint density at radius 2 is 1.84 bits per heavy atom. The minimum atomic E-state index is -0.871. The summed E-state index contributed by atoms with van der Waals surface area (Å²) in [4.78, 5) is 12.1. The van der Waals surface area contributed by atoms with Gasteiger partial charge in [-0.2, -0.15) is 0 Å². The molecule has 0 bridgehead atoms. The molecule has 0 heterocycles. The van der Waals surface area contributed by atoms with Crippen molar-refractivity contribution in [2.75, 3.05) is 5.73 Å². The molecule has 2 aromatic rings. The first-order valence-corrected chi connectivity index (χ1v) is 6.31. The van der Waals surface area contributed by atoms with Crippen LogP contribution < -0.4 is 5.73 Å². The molecule has 0 saturated carbocycles. The second-order valence-electron chi connectivity index (χ2n) is 3.81. The Morgan fingerprint density at radius 1 is 1.16 bits per heavy atom. The standard InChI is InChI=1S/C13H7BrClF2NO/c14-8-3-6(1-2-12(8)18)13(19)7-4-11(17)9(15)5-10(7)16/h1-5H,18H2. The van der Waals surface area contributed by atoms with Crippen molar-refractivity contribution in [1.82, 2.24) is 0 Å². The summed E-state index contributed by atoms with van der Waals surface area (Å²) >= 11 is 8.60. The van der Waals surface area contributed by atoms with Gasteiger partial charge in [-0.15, -0.1) is 0 Å². The Kier molecular flexibility index (Phi) is 3.87. The highest BCUT2D eigenvalue weighted by Crippen LogP contribution is 2.25. The number of anilines is 1. The lowest BCUT2D eigenvalue weighted by atomic mass is 10.0. The van der Waals surface area contributed by atoms with Gasteiger partial charge in [0.2, 0.25) is 0 Å². The summed E-state index contributed by atoms with van der Waals surface area (Å²) in [6, 6.07) is 5.94. The van der Waals surface area contributed by atoms with Gasteiger partial charge in [0.15, 0.2) is 5.78 Å². The van der Waals surface area contributed by atoms with Gasteiger partial charge in [-0.05, 0) is 46.3 Å². The van der Waals surface area contributed by atoms with Crippen molar-refractivity contribution < 1.29 is 13.6 Å². The molecule has 0 aliphatic rings. The van der Waals surface area contributed by atoms with Gasteiger partial charge < -0.3 is 5.73 Å². The second kappa shape index (κ2) is 5.27. The first kappa shape index (κ1) is 14.0.